The molecule has 1 N–H and O–H groups in total. The predicted octanol–water partition coefficient (Wildman–Crippen LogP) is 4.27. The van der Waals surface area contributed by atoms with Gasteiger partial charge in [0, 0.05) is 23.7 Å². The largest absolute Gasteiger partial charge is 0.497 e. The van der Waals surface area contributed by atoms with Crippen molar-refractivity contribution in [3.8, 4) is 5.75 Å². The second kappa shape index (κ2) is 9.52. The molecule has 2 aliphatic heterocycles. The molecule has 34 heavy (non-hydrogen) atoms. The fourth-order valence-corrected chi connectivity index (χ4v) is 4.70. The number of benzene rings is 3. The molecule has 0 aliphatic carbocycles. The highest BCUT2D eigenvalue weighted by molar-refractivity contribution is 8.14. The van der Waals surface area contributed by atoms with Crippen molar-refractivity contribution in [2.45, 2.75) is 12.5 Å². The summed E-state index contributed by atoms with van der Waals surface area (Å²) >= 11 is 1.22. The molecular weight excluding hydrogens is 448 g/mol. The van der Waals surface area contributed by atoms with Gasteiger partial charge in [0.25, 0.3) is 5.91 Å². The third-order valence-corrected chi connectivity index (χ3v) is 6.44. The van der Waals surface area contributed by atoms with Gasteiger partial charge in [-0.2, -0.15) is 0 Å². The minimum absolute atomic E-state index is 0.0959. The predicted molar refractivity (Wildman–Crippen MR) is 135 cm³/mol. The molecule has 2 amide bonds. The summed E-state index contributed by atoms with van der Waals surface area (Å²) in [7, 11) is 1.58. The number of carbonyl (C=O) groups excluding carboxylic acids is 2. The standard InChI is InChI=1S/C26H22N4O3S/c1-33-19-11-7-10-18(15-19)27-23(31)16-34-26-29-21-13-6-5-12-20(21)24-28-22(25(32)30(24)26)14-17-8-3-2-4-9-17/h2-13,15,22H,14,16H2,1H3,(H,27,31)/t22-/m0/s1. The molecule has 170 valence electrons. The molecule has 5 rings (SSSR count). The van der Waals surface area contributed by atoms with Gasteiger partial charge in [0.1, 0.15) is 17.6 Å². The van der Waals surface area contributed by atoms with Gasteiger partial charge in [-0.25, -0.2) is 9.89 Å². The summed E-state index contributed by atoms with van der Waals surface area (Å²) in [6, 6.07) is 24.1. The number of nitrogens with one attached hydrogen (secondary N) is 1. The average molecular weight is 471 g/mol. The molecule has 3 aromatic carbocycles. The Kier molecular flexibility index (Phi) is 6.14. The van der Waals surface area contributed by atoms with Gasteiger partial charge in [-0.3, -0.25) is 14.6 Å². The van der Waals surface area contributed by atoms with E-state index in [1.165, 1.54) is 11.8 Å². The van der Waals surface area contributed by atoms with Crippen LogP contribution >= 0.6 is 11.8 Å². The van der Waals surface area contributed by atoms with Crippen molar-refractivity contribution in [3.63, 3.8) is 0 Å². The van der Waals surface area contributed by atoms with Crippen LogP contribution in [0.25, 0.3) is 0 Å². The number of para-hydroxylation sites is 1. The lowest BCUT2D eigenvalue weighted by Crippen LogP contribution is -2.41. The fraction of sp³-hybridized carbons (Fsp3) is 0.154. The number of amidine groups is 2. The van der Waals surface area contributed by atoms with E-state index < -0.39 is 6.04 Å². The third-order valence-electron chi connectivity index (χ3n) is 5.51. The number of methoxy groups -OCH3 is 1. The highest BCUT2D eigenvalue weighted by Crippen LogP contribution is 2.34. The Morgan fingerprint density at radius 1 is 1.06 bits per heavy atom. The van der Waals surface area contributed by atoms with Crippen molar-refractivity contribution >= 4 is 46.0 Å². The average Bonchev–Trinajstić information content (AvgIpc) is 3.19. The Labute approximate surface area is 201 Å². The van der Waals surface area contributed by atoms with Crippen LogP contribution in [0.3, 0.4) is 0 Å². The van der Waals surface area contributed by atoms with Crippen LogP contribution in [-0.4, -0.2) is 46.6 Å². The minimum atomic E-state index is -0.528. The van der Waals surface area contributed by atoms with Crippen molar-refractivity contribution < 1.29 is 14.3 Å². The smallest absolute Gasteiger partial charge is 0.259 e. The maximum Gasteiger partial charge on any atom is 0.259 e. The molecule has 0 spiro atoms. The SMILES string of the molecule is COc1cccc(NC(=O)CSC2=Nc3ccccc3C3=N[C@@H](Cc4ccccc4)C(=O)N23)c1. The Balaban J connectivity index is 1.35. The van der Waals surface area contributed by atoms with Crippen molar-refractivity contribution in [2.24, 2.45) is 9.98 Å². The first-order chi connectivity index (χ1) is 16.6. The van der Waals surface area contributed by atoms with Gasteiger partial charge in [0.2, 0.25) is 5.91 Å². The van der Waals surface area contributed by atoms with Gasteiger partial charge in [0.05, 0.1) is 18.6 Å². The number of nitrogens with zero attached hydrogens (tertiary/aromatic N) is 3. The van der Waals surface area contributed by atoms with Crippen LogP contribution in [0.15, 0.2) is 88.8 Å². The zero-order chi connectivity index (χ0) is 23.5. The summed E-state index contributed by atoms with van der Waals surface area (Å²) in [6.45, 7) is 0. The van der Waals surface area contributed by atoms with Crippen molar-refractivity contribution in [3.05, 3.63) is 90.0 Å². The molecule has 0 fully saturated rings. The topological polar surface area (TPSA) is 83.4 Å². The Bertz CT molecular complexity index is 1310. The molecule has 8 heteroatoms. The van der Waals surface area contributed by atoms with Gasteiger partial charge in [0.15, 0.2) is 5.17 Å². The number of amides is 2. The van der Waals surface area contributed by atoms with Crippen LogP contribution < -0.4 is 10.1 Å². The first kappa shape index (κ1) is 21.9. The summed E-state index contributed by atoms with van der Waals surface area (Å²) in [5.74, 6) is 1.01. The van der Waals surface area contributed by atoms with E-state index >= 15 is 0 Å². The maximum atomic E-state index is 13.4. The summed E-state index contributed by atoms with van der Waals surface area (Å²) in [5, 5.41) is 3.32. The molecule has 3 aromatic rings. The quantitative estimate of drug-likeness (QED) is 0.583. The fourth-order valence-electron chi connectivity index (χ4n) is 3.90. The zero-order valence-corrected chi connectivity index (χ0v) is 19.3. The van der Waals surface area contributed by atoms with E-state index in [1.807, 2.05) is 66.7 Å². The minimum Gasteiger partial charge on any atom is -0.497 e. The highest BCUT2D eigenvalue weighted by Gasteiger charge is 2.41. The van der Waals surface area contributed by atoms with Crippen LogP contribution in [0.1, 0.15) is 11.1 Å². The summed E-state index contributed by atoms with van der Waals surface area (Å²) in [4.78, 5) is 37.0. The molecule has 0 bridgehead atoms. The van der Waals surface area contributed by atoms with E-state index in [2.05, 4.69) is 5.32 Å². The molecule has 2 heterocycles. The monoisotopic (exact) mass is 470 g/mol. The lowest BCUT2D eigenvalue weighted by atomic mass is 10.1. The number of aliphatic imine (C=N–C) groups is 2. The number of rotatable bonds is 6. The third kappa shape index (κ3) is 4.45. The van der Waals surface area contributed by atoms with Gasteiger partial charge >= 0.3 is 0 Å². The summed E-state index contributed by atoms with van der Waals surface area (Å²) in [5.41, 5.74) is 3.24. The summed E-state index contributed by atoms with van der Waals surface area (Å²) < 4.78 is 5.20. The molecule has 2 aliphatic rings. The number of thioether (sulfide) groups is 1. The first-order valence-electron chi connectivity index (χ1n) is 10.8. The Morgan fingerprint density at radius 2 is 1.85 bits per heavy atom. The van der Waals surface area contributed by atoms with Gasteiger partial charge < -0.3 is 10.1 Å². The number of hydrogen-bond acceptors (Lipinski definition) is 6. The maximum absolute atomic E-state index is 13.4. The van der Waals surface area contributed by atoms with E-state index in [9.17, 15) is 9.59 Å². The number of fused-ring (bicyclic) bond motifs is 3. The van der Waals surface area contributed by atoms with E-state index in [4.69, 9.17) is 14.7 Å². The molecule has 7 nitrogen and oxygen atoms in total. The second-order valence-corrected chi connectivity index (χ2v) is 8.75. The van der Waals surface area contributed by atoms with Gasteiger partial charge in [-0.15, -0.1) is 0 Å². The van der Waals surface area contributed by atoms with Gasteiger partial charge in [-0.1, -0.05) is 60.3 Å². The zero-order valence-electron chi connectivity index (χ0n) is 18.5. The summed E-state index contributed by atoms with van der Waals surface area (Å²) in [6.07, 6.45) is 0.510. The highest BCUT2D eigenvalue weighted by atomic mass is 32.2. The van der Waals surface area contributed by atoms with E-state index in [1.54, 1.807) is 24.1 Å². The number of hydrogen-bond donors (Lipinski definition) is 1. The van der Waals surface area contributed by atoms with Crippen LogP contribution in [-0.2, 0) is 16.0 Å². The van der Waals surface area contributed by atoms with Gasteiger partial charge in [-0.05, 0) is 29.8 Å². The van der Waals surface area contributed by atoms with Crippen LogP contribution in [0, 0.1) is 0 Å². The molecule has 0 unspecified atom stereocenters. The molecule has 0 aromatic heterocycles. The molecule has 1 atom stereocenters. The number of carbonyl (C=O) groups is 2. The van der Waals surface area contributed by atoms with Crippen LogP contribution in [0.4, 0.5) is 11.4 Å². The van der Waals surface area contributed by atoms with E-state index in [-0.39, 0.29) is 17.6 Å². The van der Waals surface area contributed by atoms with Crippen LogP contribution in [0.2, 0.25) is 0 Å². The number of anilines is 1. The Hall–Kier alpha value is -3.91. The Morgan fingerprint density at radius 3 is 2.68 bits per heavy atom. The van der Waals surface area contributed by atoms with E-state index in [0.29, 0.717) is 28.9 Å². The molecular formula is C26H22N4O3S. The second-order valence-electron chi connectivity index (χ2n) is 7.81. The van der Waals surface area contributed by atoms with Crippen LogP contribution in [0.5, 0.6) is 5.75 Å². The molecule has 0 radical (unpaired) electrons. The van der Waals surface area contributed by atoms with E-state index in [0.717, 1.165) is 16.8 Å². The van der Waals surface area contributed by atoms with Crippen molar-refractivity contribution in [2.75, 3.05) is 18.2 Å². The molecule has 0 saturated heterocycles. The first-order valence-corrected chi connectivity index (χ1v) is 11.8. The lowest BCUT2D eigenvalue weighted by Gasteiger charge is -2.25. The lowest BCUT2D eigenvalue weighted by molar-refractivity contribution is -0.124. The normalized spacial score (nSPS) is 16.3. The van der Waals surface area contributed by atoms with Crippen molar-refractivity contribution in [1.82, 2.24) is 4.90 Å². The van der Waals surface area contributed by atoms with Crippen molar-refractivity contribution in [1.29, 1.82) is 0 Å². The molecule has 0 saturated carbocycles. The number of ether oxygens (including phenoxy) is 1.